The van der Waals surface area contributed by atoms with E-state index in [0.717, 1.165) is 52.4 Å². The van der Waals surface area contributed by atoms with Crippen molar-refractivity contribution < 1.29 is 13.2 Å². The summed E-state index contributed by atoms with van der Waals surface area (Å²) in [5, 5.41) is 7.77. The number of sulfonamides is 1. The van der Waals surface area contributed by atoms with Crippen LogP contribution in [0.4, 0.5) is 0 Å². The Morgan fingerprint density at radius 3 is 2.39 bits per heavy atom. The molecule has 0 fully saturated rings. The third-order valence-electron chi connectivity index (χ3n) is 6.40. The Bertz CT molecular complexity index is 1370. The van der Waals surface area contributed by atoms with E-state index in [4.69, 9.17) is 4.74 Å². The van der Waals surface area contributed by atoms with Crippen LogP contribution >= 0.6 is 0 Å². The largest absolute Gasteiger partial charge is 0.497 e. The summed E-state index contributed by atoms with van der Waals surface area (Å²) in [5.41, 5.74) is 5.71. The molecule has 0 spiro atoms. The maximum atomic E-state index is 13.0. The Kier molecular flexibility index (Phi) is 8.28. The molecule has 0 aliphatic carbocycles. The topological polar surface area (TPSA) is 89.0 Å². The van der Waals surface area contributed by atoms with Gasteiger partial charge in [0.05, 0.1) is 29.1 Å². The van der Waals surface area contributed by atoms with E-state index in [1.165, 1.54) is 12.8 Å². The van der Waals surface area contributed by atoms with Gasteiger partial charge >= 0.3 is 0 Å². The molecule has 4 rings (SSSR count). The van der Waals surface area contributed by atoms with E-state index in [0.29, 0.717) is 6.42 Å². The minimum absolute atomic E-state index is 0.251. The van der Waals surface area contributed by atoms with E-state index in [1.807, 2.05) is 66.3 Å². The first kappa shape index (κ1) is 25.7. The van der Waals surface area contributed by atoms with Crippen molar-refractivity contribution in [3.05, 3.63) is 78.0 Å². The first-order chi connectivity index (χ1) is 17.4. The molecule has 190 valence electrons. The van der Waals surface area contributed by atoms with Gasteiger partial charge in [-0.3, -0.25) is 5.10 Å². The van der Waals surface area contributed by atoms with Crippen molar-refractivity contribution in [3.63, 3.8) is 0 Å². The van der Waals surface area contributed by atoms with E-state index >= 15 is 0 Å². The van der Waals surface area contributed by atoms with Gasteiger partial charge in [0.2, 0.25) is 10.0 Å². The predicted octanol–water partition coefficient (Wildman–Crippen LogP) is 5.34. The second-order valence-corrected chi connectivity index (χ2v) is 10.7. The van der Waals surface area contributed by atoms with Gasteiger partial charge in [-0.15, -0.1) is 0 Å². The first-order valence-corrected chi connectivity index (χ1v) is 13.8. The van der Waals surface area contributed by atoms with Crippen LogP contribution in [0.1, 0.15) is 37.3 Å². The standard InChI is InChI=1S/C28H34N4O3S/c1-4-5-6-8-21-10-16-24(17-11-21)36(33,34)29-19-18-25-27(22-12-14-23(35-3)15-13-22)30-31-28(25)26-9-7-20-32(26)2/h7,9-17,20,29H,4-6,8,18-19H2,1-3H3,(H,30,31). The summed E-state index contributed by atoms with van der Waals surface area (Å²) in [5.74, 6) is 0.766. The number of aryl methyl sites for hydroxylation is 2. The number of hydrogen-bond donors (Lipinski definition) is 2. The molecule has 0 bridgehead atoms. The molecule has 0 atom stereocenters. The maximum absolute atomic E-state index is 13.0. The van der Waals surface area contributed by atoms with Gasteiger partial charge in [-0.05, 0) is 73.4 Å². The molecule has 2 N–H and O–H groups in total. The molecule has 0 aliphatic rings. The van der Waals surface area contributed by atoms with Crippen LogP contribution in [0.2, 0.25) is 0 Å². The molecule has 7 nitrogen and oxygen atoms in total. The SMILES string of the molecule is CCCCCc1ccc(S(=O)(=O)NCCc2c(-c3ccc(OC)cc3)n[nH]c2-c2cccn2C)cc1. The molecule has 36 heavy (non-hydrogen) atoms. The van der Waals surface area contributed by atoms with Crippen molar-refractivity contribution in [2.75, 3.05) is 13.7 Å². The monoisotopic (exact) mass is 506 g/mol. The van der Waals surface area contributed by atoms with Crippen molar-refractivity contribution in [3.8, 4) is 28.4 Å². The quantitative estimate of drug-likeness (QED) is 0.254. The highest BCUT2D eigenvalue weighted by molar-refractivity contribution is 7.89. The molecular weight excluding hydrogens is 472 g/mol. The van der Waals surface area contributed by atoms with Crippen molar-refractivity contribution in [1.82, 2.24) is 19.5 Å². The fourth-order valence-electron chi connectivity index (χ4n) is 4.34. The average molecular weight is 507 g/mol. The number of nitrogens with zero attached hydrogens (tertiary/aromatic N) is 2. The van der Waals surface area contributed by atoms with Crippen molar-refractivity contribution >= 4 is 10.0 Å². The van der Waals surface area contributed by atoms with Crippen LogP contribution in [-0.4, -0.2) is 36.8 Å². The molecular formula is C28H34N4O3S. The van der Waals surface area contributed by atoms with Crippen molar-refractivity contribution in [2.45, 2.75) is 43.9 Å². The molecule has 2 aromatic heterocycles. The van der Waals surface area contributed by atoms with E-state index in [2.05, 4.69) is 21.8 Å². The summed E-state index contributed by atoms with van der Waals surface area (Å²) >= 11 is 0. The number of nitrogens with one attached hydrogen (secondary N) is 2. The van der Waals surface area contributed by atoms with Gasteiger partial charge in [-0.25, -0.2) is 13.1 Å². The fraction of sp³-hybridized carbons (Fsp3) is 0.321. The number of H-pyrrole nitrogens is 1. The highest BCUT2D eigenvalue weighted by Gasteiger charge is 2.20. The highest BCUT2D eigenvalue weighted by atomic mass is 32.2. The molecule has 8 heteroatoms. The van der Waals surface area contributed by atoms with Crippen LogP contribution in [0.25, 0.3) is 22.6 Å². The lowest BCUT2D eigenvalue weighted by molar-refractivity contribution is 0.415. The summed E-state index contributed by atoms with van der Waals surface area (Å²) < 4.78 is 36.0. The van der Waals surface area contributed by atoms with Crippen LogP contribution in [0.15, 0.2) is 71.8 Å². The number of rotatable bonds is 12. The van der Waals surface area contributed by atoms with Crippen molar-refractivity contribution in [2.24, 2.45) is 7.05 Å². The Morgan fingerprint density at radius 1 is 1.00 bits per heavy atom. The minimum Gasteiger partial charge on any atom is -0.497 e. The number of ether oxygens (including phenoxy) is 1. The van der Waals surface area contributed by atoms with Gasteiger partial charge in [0.25, 0.3) is 0 Å². The summed E-state index contributed by atoms with van der Waals surface area (Å²) in [6.45, 7) is 2.42. The highest BCUT2D eigenvalue weighted by Crippen LogP contribution is 2.31. The van der Waals surface area contributed by atoms with Gasteiger partial charge in [0, 0.05) is 30.9 Å². The van der Waals surface area contributed by atoms with Crippen LogP contribution in [0.5, 0.6) is 5.75 Å². The Morgan fingerprint density at radius 2 is 1.75 bits per heavy atom. The summed E-state index contributed by atoms with van der Waals surface area (Å²) in [6.07, 6.45) is 6.88. The second-order valence-electron chi connectivity index (χ2n) is 8.91. The van der Waals surface area contributed by atoms with Crippen LogP contribution in [0.3, 0.4) is 0 Å². The van der Waals surface area contributed by atoms with E-state index in [-0.39, 0.29) is 11.4 Å². The lowest BCUT2D eigenvalue weighted by Crippen LogP contribution is -2.26. The number of hydrogen-bond acceptors (Lipinski definition) is 4. The third kappa shape index (κ3) is 5.88. The zero-order valence-corrected chi connectivity index (χ0v) is 21.9. The number of aromatic nitrogens is 3. The Hall–Kier alpha value is -3.36. The van der Waals surface area contributed by atoms with Crippen LogP contribution < -0.4 is 9.46 Å². The lowest BCUT2D eigenvalue weighted by atomic mass is 10.0. The van der Waals surface area contributed by atoms with Crippen LogP contribution in [0, 0.1) is 0 Å². The molecule has 0 radical (unpaired) electrons. The fourth-order valence-corrected chi connectivity index (χ4v) is 5.37. The van der Waals surface area contributed by atoms with Gasteiger partial charge in [-0.1, -0.05) is 31.9 Å². The van der Waals surface area contributed by atoms with Gasteiger partial charge in [0.1, 0.15) is 5.75 Å². The van der Waals surface area contributed by atoms with E-state index in [9.17, 15) is 8.42 Å². The third-order valence-corrected chi connectivity index (χ3v) is 7.88. The number of unbranched alkanes of at least 4 members (excludes halogenated alkanes) is 2. The molecule has 0 amide bonds. The summed E-state index contributed by atoms with van der Waals surface area (Å²) in [6, 6.07) is 18.9. The second kappa shape index (κ2) is 11.6. The van der Waals surface area contributed by atoms with Gasteiger partial charge < -0.3 is 9.30 Å². The molecule has 4 aromatic rings. The van der Waals surface area contributed by atoms with Crippen LogP contribution in [-0.2, 0) is 29.9 Å². The zero-order chi connectivity index (χ0) is 25.5. The number of benzene rings is 2. The van der Waals surface area contributed by atoms with E-state index < -0.39 is 10.0 Å². The smallest absolute Gasteiger partial charge is 0.240 e. The number of aromatic amines is 1. The number of methoxy groups -OCH3 is 1. The first-order valence-electron chi connectivity index (χ1n) is 12.3. The average Bonchev–Trinajstić information content (AvgIpc) is 3.50. The van der Waals surface area contributed by atoms with Gasteiger partial charge in [0.15, 0.2) is 0 Å². The molecule has 0 saturated heterocycles. The molecule has 0 saturated carbocycles. The minimum atomic E-state index is -3.62. The predicted molar refractivity (Wildman–Crippen MR) is 144 cm³/mol. The maximum Gasteiger partial charge on any atom is 0.240 e. The lowest BCUT2D eigenvalue weighted by Gasteiger charge is -2.10. The normalized spacial score (nSPS) is 11.6. The summed E-state index contributed by atoms with van der Waals surface area (Å²) in [7, 11) is -0.0117. The molecule has 0 unspecified atom stereocenters. The molecule has 2 aromatic carbocycles. The zero-order valence-electron chi connectivity index (χ0n) is 21.1. The van der Waals surface area contributed by atoms with Gasteiger partial charge in [-0.2, -0.15) is 5.10 Å². The molecule has 2 heterocycles. The van der Waals surface area contributed by atoms with Crippen molar-refractivity contribution in [1.29, 1.82) is 0 Å². The Balaban J connectivity index is 1.52. The van der Waals surface area contributed by atoms with E-state index in [1.54, 1.807) is 19.2 Å². The Labute approximate surface area is 213 Å². The summed E-state index contributed by atoms with van der Waals surface area (Å²) in [4.78, 5) is 0.284. The molecule has 0 aliphatic heterocycles.